The molecule has 0 radical (unpaired) electrons. The fourth-order valence-corrected chi connectivity index (χ4v) is 1.46. The molecule has 0 unspecified atom stereocenters. The summed E-state index contributed by atoms with van der Waals surface area (Å²) in [6, 6.07) is 0. The van der Waals surface area contributed by atoms with Gasteiger partial charge in [0.25, 0.3) is 0 Å². The van der Waals surface area contributed by atoms with E-state index >= 15 is 0 Å². The van der Waals surface area contributed by atoms with Crippen molar-refractivity contribution in [2.24, 2.45) is 0 Å². The van der Waals surface area contributed by atoms with Gasteiger partial charge >= 0.3 is 39.3 Å². The molecule has 0 heterocycles. The molecule has 18 heteroatoms. The summed E-state index contributed by atoms with van der Waals surface area (Å²) >= 11 is 0. The first kappa shape index (κ1) is 28.2. The molecular weight excluding hydrogens is 443 g/mol. The Labute approximate surface area is 143 Å². The van der Waals surface area contributed by atoms with Crippen molar-refractivity contribution in [1.29, 1.82) is 0 Å². The van der Waals surface area contributed by atoms with Crippen LogP contribution in [0.25, 0.3) is 0 Å². The van der Waals surface area contributed by atoms with Crippen molar-refractivity contribution in [2.45, 2.75) is 29.2 Å². The largest absolute Gasteiger partial charge is 0.460 e. The quantitative estimate of drug-likeness (QED) is 0.251. The Morgan fingerprint density at radius 1 is 0.667 bits per heavy atom. The third kappa shape index (κ3) is 5.75. The van der Waals surface area contributed by atoms with Gasteiger partial charge in [0.05, 0.1) is 13.2 Å². The minimum atomic E-state index is -7.86. The molecule has 0 saturated heterocycles. The molecule has 0 aromatic carbocycles. The van der Waals surface area contributed by atoms with Crippen LogP contribution in [0.2, 0.25) is 0 Å². The summed E-state index contributed by atoms with van der Waals surface area (Å²) in [4.78, 5) is 0. The lowest BCUT2D eigenvalue weighted by Gasteiger charge is -2.35. The summed E-state index contributed by atoms with van der Waals surface area (Å²) in [5.41, 5.74) is 0. The van der Waals surface area contributed by atoms with E-state index in [2.05, 4.69) is 5.32 Å². The van der Waals surface area contributed by atoms with Crippen LogP contribution >= 0.6 is 0 Å². The van der Waals surface area contributed by atoms with Gasteiger partial charge in [-0.05, 0) is 0 Å². The van der Waals surface area contributed by atoms with E-state index in [0.29, 0.717) is 13.1 Å². The first-order chi connectivity index (χ1) is 11.7. The van der Waals surface area contributed by atoms with Gasteiger partial charge in [0.2, 0.25) is 0 Å². The topological polar surface area (TPSA) is 107 Å². The highest BCUT2D eigenvalue weighted by atomic mass is 32.2. The molecule has 166 valence electrons. The molecule has 0 amide bonds. The summed E-state index contributed by atoms with van der Waals surface area (Å²) in [7, 11) is -7.41. The standard InChI is InChI=1S/C5HF11O3S.C4H11NO2/c6-1(7,2(8,9)4(12,13)14)3(10,11)5(15,16)20(17,18)19;6-3-1-5-2-4-7/h(H,17,18,19);5-7H,1-4H2. The van der Waals surface area contributed by atoms with Gasteiger partial charge in [-0.3, -0.25) is 4.55 Å². The van der Waals surface area contributed by atoms with Crippen molar-refractivity contribution in [3.05, 3.63) is 0 Å². The molecule has 0 aliphatic carbocycles. The molecule has 0 rings (SSSR count). The molecule has 0 bridgehead atoms. The van der Waals surface area contributed by atoms with Gasteiger partial charge in [-0.1, -0.05) is 0 Å². The zero-order valence-corrected chi connectivity index (χ0v) is 13.4. The monoisotopic (exact) mass is 455 g/mol. The summed E-state index contributed by atoms with van der Waals surface area (Å²) in [6.45, 7) is 1.42. The lowest BCUT2D eigenvalue weighted by Crippen LogP contribution is -2.67. The first-order valence-corrected chi connectivity index (χ1v) is 7.58. The average molecular weight is 455 g/mol. The second-order valence-electron chi connectivity index (χ2n) is 4.41. The molecule has 0 aliphatic heterocycles. The van der Waals surface area contributed by atoms with Gasteiger partial charge in [-0.15, -0.1) is 0 Å². The summed E-state index contributed by atoms with van der Waals surface area (Å²) in [5.74, 6) is -23.3. The zero-order valence-electron chi connectivity index (χ0n) is 12.6. The van der Waals surface area contributed by atoms with Gasteiger partial charge in [-0.2, -0.15) is 56.7 Å². The Morgan fingerprint density at radius 3 is 1.22 bits per heavy atom. The molecule has 0 fully saturated rings. The van der Waals surface area contributed by atoms with Crippen molar-refractivity contribution in [3.63, 3.8) is 0 Å². The molecule has 0 aliphatic rings. The lowest BCUT2D eigenvalue weighted by molar-refractivity contribution is -0.413. The Kier molecular flexibility index (Phi) is 9.42. The fraction of sp³-hybridized carbons (Fsp3) is 1.00. The van der Waals surface area contributed by atoms with Crippen LogP contribution in [0.3, 0.4) is 0 Å². The highest BCUT2D eigenvalue weighted by Crippen LogP contribution is 2.58. The lowest BCUT2D eigenvalue weighted by atomic mass is 10.0. The molecule has 6 nitrogen and oxygen atoms in total. The van der Waals surface area contributed by atoms with Crippen LogP contribution in [0, 0.1) is 0 Å². The van der Waals surface area contributed by atoms with Crippen LogP contribution < -0.4 is 5.32 Å². The van der Waals surface area contributed by atoms with Gasteiger partial charge in [0.15, 0.2) is 0 Å². The van der Waals surface area contributed by atoms with E-state index < -0.39 is 39.3 Å². The smallest absolute Gasteiger partial charge is 0.395 e. The number of halogens is 11. The molecule has 27 heavy (non-hydrogen) atoms. The molecular formula is C9H12F11NO5S. The van der Waals surface area contributed by atoms with E-state index in [0.717, 1.165) is 0 Å². The molecule has 0 aromatic heterocycles. The molecule has 0 saturated carbocycles. The molecule has 0 spiro atoms. The maximum Gasteiger partial charge on any atom is 0.460 e. The maximum absolute atomic E-state index is 12.5. The van der Waals surface area contributed by atoms with Gasteiger partial charge in [0, 0.05) is 13.1 Å². The Hall–Kier alpha value is -0.980. The van der Waals surface area contributed by atoms with Crippen LogP contribution in [0.1, 0.15) is 0 Å². The SMILES string of the molecule is O=S(=O)(O)C(F)(F)C(F)(F)C(F)(F)C(F)(F)C(F)(F)F.OCCNCCO. The van der Waals surface area contributed by atoms with Gasteiger partial charge in [-0.25, -0.2) is 0 Å². The summed E-state index contributed by atoms with van der Waals surface area (Å²) in [5, 5.41) is 11.8. The van der Waals surface area contributed by atoms with E-state index in [4.69, 9.17) is 14.8 Å². The average Bonchev–Trinajstić information content (AvgIpc) is 2.45. The number of hydrogen-bond acceptors (Lipinski definition) is 5. The molecule has 4 N–H and O–H groups in total. The third-order valence-corrected chi connectivity index (χ3v) is 3.32. The van der Waals surface area contributed by atoms with Crippen molar-refractivity contribution in [3.8, 4) is 0 Å². The van der Waals surface area contributed by atoms with Crippen molar-refractivity contribution < 1.29 is 71.5 Å². The highest BCUT2D eigenvalue weighted by Gasteiger charge is 2.89. The minimum Gasteiger partial charge on any atom is -0.395 e. The van der Waals surface area contributed by atoms with Crippen molar-refractivity contribution in [2.75, 3.05) is 26.3 Å². The Morgan fingerprint density at radius 2 is 1.00 bits per heavy atom. The van der Waals surface area contributed by atoms with E-state index in [1.54, 1.807) is 0 Å². The number of rotatable bonds is 8. The number of hydrogen-bond donors (Lipinski definition) is 4. The van der Waals surface area contributed by atoms with E-state index in [1.807, 2.05) is 0 Å². The second-order valence-corrected chi connectivity index (χ2v) is 5.87. The van der Waals surface area contributed by atoms with Gasteiger partial charge in [0.1, 0.15) is 0 Å². The zero-order chi connectivity index (χ0) is 22.5. The fourth-order valence-electron chi connectivity index (χ4n) is 1.00. The predicted octanol–water partition coefficient (Wildman–Crippen LogP) is 1.50. The number of nitrogens with one attached hydrogen (secondary N) is 1. The Bertz CT molecular complexity index is 559. The third-order valence-electron chi connectivity index (χ3n) is 2.41. The number of aliphatic hydroxyl groups excluding tert-OH is 2. The molecule has 0 aromatic rings. The highest BCUT2D eigenvalue weighted by molar-refractivity contribution is 7.87. The van der Waals surface area contributed by atoms with Crippen LogP contribution in [0.5, 0.6) is 0 Å². The number of alkyl halides is 11. The van der Waals surface area contributed by atoms with Crippen LogP contribution in [0.4, 0.5) is 48.3 Å². The summed E-state index contributed by atoms with van der Waals surface area (Å²) in [6.07, 6.45) is -7.39. The van der Waals surface area contributed by atoms with E-state index in [1.165, 1.54) is 0 Å². The molecule has 0 atom stereocenters. The van der Waals surface area contributed by atoms with Crippen molar-refractivity contribution >= 4 is 10.1 Å². The van der Waals surface area contributed by atoms with Crippen LogP contribution in [0.15, 0.2) is 0 Å². The number of aliphatic hydroxyl groups is 2. The van der Waals surface area contributed by atoms with E-state index in [9.17, 15) is 56.7 Å². The summed E-state index contributed by atoms with van der Waals surface area (Å²) < 4.78 is 161. The van der Waals surface area contributed by atoms with Crippen molar-refractivity contribution in [1.82, 2.24) is 5.32 Å². The van der Waals surface area contributed by atoms with Crippen LogP contribution in [-0.4, -0.2) is 78.7 Å². The minimum absolute atomic E-state index is 0.139. The van der Waals surface area contributed by atoms with Crippen LogP contribution in [-0.2, 0) is 10.1 Å². The first-order valence-electron chi connectivity index (χ1n) is 6.14. The van der Waals surface area contributed by atoms with Gasteiger partial charge < -0.3 is 15.5 Å². The second kappa shape index (κ2) is 9.01. The predicted molar refractivity (Wildman–Crippen MR) is 64.4 cm³/mol. The normalized spacial score (nSPS) is 14.6. The Balaban J connectivity index is 0. The maximum atomic E-state index is 12.5. The van der Waals surface area contributed by atoms with E-state index in [-0.39, 0.29) is 13.2 Å².